The lowest BCUT2D eigenvalue weighted by Gasteiger charge is -2.08. The van der Waals surface area contributed by atoms with E-state index in [-0.39, 0.29) is 29.7 Å². The van der Waals surface area contributed by atoms with Gasteiger partial charge in [0.05, 0.1) is 0 Å². The highest BCUT2D eigenvalue weighted by Gasteiger charge is 1.94. The molecule has 0 bridgehead atoms. The van der Waals surface area contributed by atoms with Crippen LogP contribution in [0.2, 0.25) is 0 Å². The van der Waals surface area contributed by atoms with Crippen LogP contribution in [0.25, 0.3) is 0 Å². The summed E-state index contributed by atoms with van der Waals surface area (Å²) in [6.45, 7) is 1.25. The highest BCUT2D eigenvalue weighted by molar-refractivity contribution is 4.45. The summed E-state index contributed by atoms with van der Waals surface area (Å²) in [5.41, 5.74) is 0. The number of hydrogen-bond acceptors (Lipinski definition) is 3. The molecule has 1 aliphatic heterocycles. The Labute approximate surface area is 84.7 Å². The van der Waals surface area contributed by atoms with E-state index < -0.39 is 6.79 Å². The van der Waals surface area contributed by atoms with Gasteiger partial charge in [0.2, 0.25) is 0 Å². The Hall–Kier alpha value is -0.120. The van der Waals surface area contributed by atoms with Crippen molar-refractivity contribution in [3.8, 4) is 0 Å². The molecule has 0 spiro atoms. The van der Waals surface area contributed by atoms with Crippen molar-refractivity contribution < 1.29 is 14.9 Å². The van der Waals surface area contributed by atoms with Crippen molar-refractivity contribution in [2.45, 2.75) is 49.0 Å². The van der Waals surface area contributed by atoms with Gasteiger partial charge in [-0.15, -0.1) is 0 Å². The zero-order valence-electron chi connectivity index (χ0n) is 5.55. The van der Waals surface area contributed by atoms with Gasteiger partial charge in [0.1, 0.15) is 6.79 Å². The first-order valence-electron chi connectivity index (χ1n) is 3.21. The van der Waals surface area contributed by atoms with E-state index in [0.717, 1.165) is 13.2 Å². The molecular weight excluding hydrogens is 168 g/mol. The molecule has 0 aromatic rings. The zero-order chi connectivity index (χ0) is 6.95. The molecule has 0 radical (unpaired) electrons. The van der Waals surface area contributed by atoms with Crippen LogP contribution in [-0.4, -0.2) is 30.2 Å². The minimum absolute atomic E-state index is 0. The number of aliphatic hydroxyl groups excluding tert-OH is 1. The number of aliphatic hydroxyl groups is 2. The van der Waals surface area contributed by atoms with Gasteiger partial charge in [-0.3, -0.25) is 0 Å². The third-order valence-corrected chi connectivity index (χ3v) is 1.08. The molecule has 1 rings (SSSR count). The number of rotatable bonds is 0. The minimum atomic E-state index is -0.750. The Kier molecular flexibility index (Phi) is 66.9. The molecule has 1 aliphatic rings. The van der Waals surface area contributed by atoms with Crippen molar-refractivity contribution in [3.05, 3.63) is 0 Å². The van der Waals surface area contributed by atoms with Crippen LogP contribution in [-0.2, 0) is 4.74 Å². The second-order valence-electron chi connectivity index (χ2n) is 1.81. The van der Waals surface area contributed by atoms with E-state index in [2.05, 4.69) is 0 Å². The third kappa shape index (κ3) is 33.5. The Morgan fingerprint density at radius 1 is 0.769 bits per heavy atom. The molecule has 0 saturated carbocycles. The second-order valence-corrected chi connectivity index (χ2v) is 1.81. The number of hydrogen-bond donors (Lipinski definition) is 2. The molecule has 1 saturated heterocycles. The van der Waals surface area contributed by atoms with E-state index in [0.29, 0.717) is 0 Å². The van der Waals surface area contributed by atoms with Crippen molar-refractivity contribution in [2.24, 2.45) is 0 Å². The monoisotopic (exact) mass is 198 g/mol. The highest BCUT2D eigenvalue weighted by Crippen LogP contribution is 2.02. The summed E-state index contributed by atoms with van der Waals surface area (Å²) in [7, 11) is 0. The Morgan fingerprint density at radius 3 is 1.15 bits per heavy atom. The minimum Gasteiger partial charge on any atom is -0.381 e. The van der Waals surface area contributed by atoms with Gasteiger partial charge in [-0.1, -0.05) is 29.7 Å². The van der Waals surface area contributed by atoms with Gasteiger partial charge in [0, 0.05) is 13.2 Å². The van der Waals surface area contributed by atoms with Crippen LogP contribution in [0.5, 0.6) is 0 Å². The first-order chi connectivity index (χ1) is 4.41. The fraction of sp³-hybridized carbons (Fsp3) is 1.00. The smallest absolute Gasteiger partial charge is 0.140 e. The van der Waals surface area contributed by atoms with Gasteiger partial charge in [-0.2, -0.15) is 0 Å². The Bertz CT molecular complexity index is 33.9. The summed E-state index contributed by atoms with van der Waals surface area (Å²) in [6, 6.07) is 0. The van der Waals surface area contributed by atoms with Crippen molar-refractivity contribution in [2.75, 3.05) is 20.0 Å². The molecule has 1 fully saturated rings. The molecule has 0 amide bonds. The fourth-order valence-electron chi connectivity index (χ4n) is 0.687. The van der Waals surface area contributed by atoms with Gasteiger partial charge >= 0.3 is 0 Å². The second kappa shape index (κ2) is 29.7. The predicted molar refractivity (Wildman–Crippen MR) is 60.9 cm³/mol. The van der Waals surface area contributed by atoms with Crippen LogP contribution in [0.1, 0.15) is 49.0 Å². The van der Waals surface area contributed by atoms with E-state index in [1.54, 1.807) is 0 Å². The summed E-state index contributed by atoms with van der Waals surface area (Å²) >= 11 is 0. The lowest BCUT2D eigenvalue weighted by Crippen LogP contribution is -2.03. The normalized spacial score (nSPS) is 12.5. The highest BCUT2D eigenvalue weighted by atomic mass is 16.5. The van der Waals surface area contributed by atoms with Crippen LogP contribution in [0, 0.1) is 0 Å². The average Bonchev–Trinajstić information content (AvgIpc) is 1.93. The van der Waals surface area contributed by atoms with Crippen molar-refractivity contribution in [1.82, 2.24) is 0 Å². The molecule has 13 heavy (non-hydrogen) atoms. The van der Waals surface area contributed by atoms with E-state index >= 15 is 0 Å². The van der Waals surface area contributed by atoms with Crippen LogP contribution in [0.3, 0.4) is 0 Å². The summed E-state index contributed by atoms with van der Waals surface area (Å²) < 4.78 is 5.07. The molecule has 88 valence electrons. The summed E-state index contributed by atoms with van der Waals surface area (Å²) in [5, 5.41) is 14.2. The first-order valence-corrected chi connectivity index (χ1v) is 3.21. The molecule has 2 N–H and O–H groups in total. The van der Waals surface area contributed by atoms with Crippen LogP contribution in [0.4, 0.5) is 0 Å². The van der Waals surface area contributed by atoms with Crippen molar-refractivity contribution in [3.63, 3.8) is 0 Å². The average molecular weight is 198 g/mol. The van der Waals surface area contributed by atoms with Gasteiger partial charge in [-0.05, 0) is 19.3 Å². The van der Waals surface area contributed by atoms with Gasteiger partial charge in [0.15, 0.2) is 0 Å². The molecule has 0 unspecified atom stereocenters. The van der Waals surface area contributed by atoms with E-state index in [1.807, 2.05) is 0 Å². The predicted octanol–water partition coefficient (Wildman–Crippen LogP) is 2.66. The van der Waals surface area contributed by atoms with Crippen LogP contribution >= 0.6 is 0 Å². The van der Waals surface area contributed by atoms with E-state index in [1.165, 1.54) is 19.3 Å². The SMILES string of the molecule is C.C.C.C.C1CCOCC1.OCO. The first kappa shape index (κ1) is 29.3. The summed E-state index contributed by atoms with van der Waals surface area (Å²) in [6.07, 6.45) is 3.93. The topological polar surface area (TPSA) is 49.7 Å². The molecule has 0 aromatic heterocycles. The molecule has 0 aromatic carbocycles. The molecule has 1 heterocycles. The lowest BCUT2D eigenvalue weighted by molar-refractivity contribution is 0.0773. The van der Waals surface area contributed by atoms with Crippen molar-refractivity contribution in [1.29, 1.82) is 0 Å². The van der Waals surface area contributed by atoms with Crippen molar-refractivity contribution >= 4 is 0 Å². The molecular formula is C10H30O3. The quantitative estimate of drug-likeness (QED) is 0.588. The van der Waals surface area contributed by atoms with Crippen LogP contribution in [0.15, 0.2) is 0 Å². The number of ether oxygens (including phenoxy) is 1. The lowest BCUT2D eigenvalue weighted by atomic mass is 10.2. The molecule has 3 nitrogen and oxygen atoms in total. The zero-order valence-corrected chi connectivity index (χ0v) is 5.55. The van der Waals surface area contributed by atoms with Gasteiger partial charge in [0.25, 0.3) is 0 Å². The maximum Gasteiger partial charge on any atom is 0.140 e. The van der Waals surface area contributed by atoms with Crippen LogP contribution < -0.4 is 0 Å². The van der Waals surface area contributed by atoms with E-state index in [9.17, 15) is 0 Å². The standard InChI is InChI=1S/C5H10O.CH4O2.4CH4/c1-2-4-6-5-3-1;2-1-3;;;;/h1-5H2;2-3H,1H2;4*1H4. The summed E-state index contributed by atoms with van der Waals surface area (Å²) in [4.78, 5) is 0. The molecule has 3 heteroatoms. The Morgan fingerprint density at radius 2 is 1.08 bits per heavy atom. The summed E-state index contributed by atoms with van der Waals surface area (Å²) in [5.74, 6) is 0. The third-order valence-electron chi connectivity index (χ3n) is 1.08. The Balaban J connectivity index is -0.0000000282. The van der Waals surface area contributed by atoms with Gasteiger partial charge < -0.3 is 14.9 Å². The maximum atomic E-state index is 7.12. The van der Waals surface area contributed by atoms with Gasteiger partial charge in [-0.25, -0.2) is 0 Å². The molecule has 0 aliphatic carbocycles. The maximum absolute atomic E-state index is 7.12. The molecule has 0 atom stereocenters. The fourth-order valence-corrected chi connectivity index (χ4v) is 0.687. The van der Waals surface area contributed by atoms with E-state index in [4.69, 9.17) is 14.9 Å². The largest absolute Gasteiger partial charge is 0.381 e.